The number of hydrogen-bond acceptors (Lipinski definition) is 4. The molecular formula is C29H26BrN3O2. The third-order valence-corrected chi connectivity index (χ3v) is 6.89. The van der Waals surface area contributed by atoms with Gasteiger partial charge in [-0.25, -0.2) is 5.01 Å². The first-order valence-corrected chi connectivity index (χ1v) is 12.4. The molecule has 4 aromatic rings. The number of aryl methyl sites for hydroxylation is 2. The number of benzene rings is 3. The van der Waals surface area contributed by atoms with Gasteiger partial charge >= 0.3 is 0 Å². The first kappa shape index (κ1) is 23.4. The molecule has 2 heterocycles. The molecule has 0 radical (unpaired) electrons. The van der Waals surface area contributed by atoms with Gasteiger partial charge in [0.05, 0.1) is 17.3 Å². The zero-order valence-corrected chi connectivity index (χ0v) is 21.5. The Morgan fingerprint density at radius 1 is 1.03 bits per heavy atom. The van der Waals surface area contributed by atoms with Crippen molar-refractivity contribution in [1.82, 2.24) is 9.99 Å². The van der Waals surface area contributed by atoms with Crippen LogP contribution >= 0.6 is 15.9 Å². The van der Waals surface area contributed by atoms with Crippen molar-refractivity contribution < 1.29 is 9.53 Å². The van der Waals surface area contributed by atoms with Crippen molar-refractivity contribution in [1.29, 1.82) is 0 Å². The number of pyridine rings is 1. The summed E-state index contributed by atoms with van der Waals surface area (Å²) in [5.74, 6) is -0.168. The van der Waals surface area contributed by atoms with Gasteiger partial charge in [0.15, 0.2) is 0 Å². The third-order valence-electron chi connectivity index (χ3n) is 6.36. The monoisotopic (exact) mass is 527 g/mol. The van der Waals surface area contributed by atoms with E-state index in [-0.39, 0.29) is 18.6 Å². The van der Waals surface area contributed by atoms with E-state index in [1.54, 1.807) is 5.01 Å². The van der Waals surface area contributed by atoms with E-state index < -0.39 is 0 Å². The van der Waals surface area contributed by atoms with Crippen LogP contribution in [0, 0.1) is 13.8 Å². The summed E-state index contributed by atoms with van der Waals surface area (Å²) >= 11 is 3.51. The Labute approximate surface area is 213 Å². The van der Waals surface area contributed by atoms with E-state index in [0.29, 0.717) is 6.42 Å². The largest absolute Gasteiger partial charge is 0.375 e. The van der Waals surface area contributed by atoms with Crippen LogP contribution in [0.15, 0.2) is 82.4 Å². The molecule has 176 valence electrons. The first-order chi connectivity index (χ1) is 17.0. The lowest BCUT2D eigenvalue weighted by molar-refractivity contribution is -0.137. The zero-order chi connectivity index (χ0) is 24.5. The van der Waals surface area contributed by atoms with Gasteiger partial charge < -0.3 is 4.74 Å². The number of ether oxygens (including phenoxy) is 1. The highest BCUT2D eigenvalue weighted by molar-refractivity contribution is 9.10. The molecule has 0 N–H and O–H groups in total. The molecule has 1 atom stereocenters. The molecule has 1 amide bonds. The maximum Gasteiger partial charge on any atom is 0.269 e. The predicted octanol–water partition coefficient (Wildman–Crippen LogP) is 6.61. The second-order valence-electron chi connectivity index (χ2n) is 8.82. The fourth-order valence-corrected chi connectivity index (χ4v) is 5.05. The Morgan fingerprint density at radius 2 is 1.77 bits per heavy atom. The summed E-state index contributed by atoms with van der Waals surface area (Å²) in [7, 11) is 1.53. The lowest BCUT2D eigenvalue weighted by Crippen LogP contribution is -2.30. The van der Waals surface area contributed by atoms with Crippen molar-refractivity contribution in [3.63, 3.8) is 0 Å². The van der Waals surface area contributed by atoms with Crippen molar-refractivity contribution in [2.45, 2.75) is 26.3 Å². The smallest absolute Gasteiger partial charge is 0.269 e. The quantitative estimate of drug-likeness (QED) is 0.293. The molecule has 35 heavy (non-hydrogen) atoms. The Morgan fingerprint density at radius 3 is 2.49 bits per heavy atom. The van der Waals surface area contributed by atoms with Gasteiger partial charge in [-0.3, -0.25) is 9.78 Å². The van der Waals surface area contributed by atoms with Gasteiger partial charge in [0.2, 0.25) is 0 Å². The molecule has 1 unspecified atom stereocenters. The number of amides is 1. The van der Waals surface area contributed by atoms with E-state index in [9.17, 15) is 4.79 Å². The SMILES string of the molecule is COCC(=O)N1N=C(c2c(C)nc3ccc(C)cc3c2-c2ccccc2)CC1c1ccc(Br)cc1. The fraction of sp³-hybridized carbons (Fsp3) is 0.207. The molecule has 6 heteroatoms. The minimum absolute atomic E-state index is 0.0243. The topological polar surface area (TPSA) is 54.8 Å². The number of carbonyl (C=O) groups excluding carboxylic acids is 1. The Bertz CT molecular complexity index is 1430. The van der Waals surface area contributed by atoms with Crippen LogP contribution in [0.5, 0.6) is 0 Å². The van der Waals surface area contributed by atoms with E-state index >= 15 is 0 Å². The summed E-state index contributed by atoms with van der Waals surface area (Å²) in [6.07, 6.45) is 0.594. The maximum absolute atomic E-state index is 13.0. The number of fused-ring (bicyclic) bond motifs is 1. The number of rotatable bonds is 5. The van der Waals surface area contributed by atoms with Crippen molar-refractivity contribution in [2.24, 2.45) is 5.10 Å². The van der Waals surface area contributed by atoms with Crippen LogP contribution in [-0.2, 0) is 9.53 Å². The number of methoxy groups -OCH3 is 1. The van der Waals surface area contributed by atoms with Crippen LogP contribution in [0.2, 0.25) is 0 Å². The minimum Gasteiger partial charge on any atom is -0.375 e. The average Bonchev–Trinajstić information content (AvgIpc) is 3.30. The number of nitrogens with zero attached hydrogens (tertiary/aromatic N) is 3. The van der Waals surface area contributed by atoms with Crippen LogP contribution in [-0.4, -0.2) is 35.3 Å². The molecule has 1 aliphatic rings. The molecule has 1 aliphatic heterocycles. The first-order valence-electron chi connectivity index (χ1n) is 11.6. The van der Waals surface area contributed by atoms with Crippen molar-refractivity contribution in [2.75, 3.05) is 13.7 Å². The fourth-order valence-electron chi connectivity index (χ4n) is 4.78. The lowest BCUT2D eigenvalue weighted by Gasteiger charge is -2.21. The van der Waals surface area contributed by atoms with Gasteiger partial charge in [-0.15, -0.1) is 0 Å². The average molecular weight is 528 g/mol. The number of hydrogen-bond donors (Lipinski definition) is 0. The Hall–Kier alpha value is -3.35. The van der Waals surface area contributed by atoms with Gasteiger partial charge in [0, 0.05) is 40.2 Å². The summed E-state index contributed by atoms with van der Waals surface area (Å²) in [6.45, 7) is 4.09. The zero-order valence-electron chi connectivity index (χ0n) is 20.0. The van der Waals surface area contributed by atoms with E-state index in [1.807, 2.05) is 49.4 Å². The maximum atomic E-state index is 13.0. The van der Waals surface area contributed by atoms with E-state index in [4.69, 9.17) is 14.8 Å². The standard InChI is InChI=1S/C29H26BrN3O2/c1-18-9-14-24-23(15-18)29(21-7-5-4-6-8-21)28(19(2)31-24)25-16-26(20-10-12-22(30)13-11-20)33(32-25)27(34)17-35-3/h4-15,26H,16-17H2,1-3H3. The number of carbonyl (C=O) groups is 1. The van der Waals surface area contributed by atoms with Crippen molar-refractivity contribution >= 4 is 38.5 Å². The second kappa shape index (κ2) is 9.72. The highest BCUT2D eigenvalue weighted by Gasteiger charge is 2.35. The molecule has 1 aromatic heterocycles. The lowest BCUT2D eigenvalue weighted by atomic mass is 9.89. The Balaban J connectivity index is 1.72. The summed E-state index contributed by atoms with van der Waals surface area (Å²) in [6, 6.07) is 24.5. The Kier molecular flexibility index (Phi) is 6.50. The van der Waals surface area contributed by atoms with Crippen molar-refractivity contribution in [3.8, 4) is 11.1 Å². The van der Waals surface area contributed by atoms with Crippen LogP contribution in [0.25, 0.3) is 22.0 Å². The molecule has 0 saturated heterocycles. The molecule has 0 fully saturated rings. The van der Waals surface area contributed by atoms with E-state index in [0.717, 1.165) is 49.0 Å². The summed E-state index contributed by atoms with van der Waals surface area (Å²) in [5.41, 5.74) is 8.10. The molecule has 5 nitrogen and oxygen atoms in total. The third kappa shape index (κ3) is 4.51. The number of aromatic nitrogens is 1. The van der Waals surface area contributed by atoms with Crippen LogP contribution in [0.3, 0.4) is 0 Å². The summed E-state index contributed by atoms with van der Waals surface area (Å²) in [4.78, 5) is 18.0. The predicted molar refractivity (Wildman–Crippen MR) is 143 cm³/mol. The van der Waals surface area contributed by atoms with Crippen LogP contribution in [0.1, 0.15) is 34.8 Å². The molecule has 5 rings (SSSR count). The minimum atomic E-state index is -0.211. The molecular weight excluding hydrogens is 502 g/mol. The normalized spacial score (nSPS) is 15.5. The second-order valence-corrected chi connectivity index (χ2v) is 9.74. The van der Waals surface area contributed by atoms with Crippen molar-refractivity contribution in [3.05, 3.63) is 99.7 Å². The molecule has 0 aliphatic carbocycles. The highest BCUT2D eigenvalue weighted by Crippen LogP contribution is 2.39. The van der Waals surface area contributed by atoms with Gasteiger partial charge in [-0.2, -0.15) is 5.10 Å². The summed E-state index contributed by atoms with van der Waals surface area (Å²) in [5, 5.41) is 7.57. The molecule has 0 spiro atoms. The number of halogens is 1. The van der Waals surface area contributed by atoms with Gasteiger partial charge in [0.25, 0.3) is 5.91 Å². The molecule has 3 aromatic carbocycles. The number of hydrazone groups is 1. The van der Waals surface area contributed by atoms with Crippen LogP contribution < -0.4 is 0 Å². The van der Waals surface area contributed by atoms with Crippen LogP contribution in [0.4, 0.5) is 0 Å². The van der Waals surface area contributed by atoms with Gasteiger partial charge in [0.1, 0.15) is 6.61 Å². The summed E-state index contributed by atoms with van der Waals surface area (Å²) < 4.78 is 6.16. The van der Waals surface area contributed by atoms with E-state index in [2.05, 4.69) is 53.2 Å². The molecule has 0 saturated carbocycles. The van der Waals surface area contributed by atoms with Gasteiger partial charge in [-0.05, 0) is 49.2 Å². The van der Waals surface area contributed by atoms with Gasteiger partial charge in [-0.1, -0.05) is 70.0 Å². The highest BCUT2D eigenvalue weighted by atomic mass is 79.9. The van der Waals surface area contributed by atoms with E-state index in [1.165, 1.54) is 12.7 Å². The molecule has 0 bridgehead atoms.